The van der Waals surface area contributed by atoms with Crippen molar-refractivity contribution in [1.82, 2.24) is 4.98 Å². The van der Waals surface area contributed by atoms with Crippen molar-refractivity contribution in [2.75, 3.05) is 12.4 Å². The molecular formula is C13H15ClN2O2S. The lowest BCUT2D eigenvalue weighted by molar-refractivity contribution is 0.102. The van der Waals surface area contributed by atoms with Gasteiger partial charge in [-0.1, -0.05) is 23.5 Å². The number of carbonyl (C=O) groups excluding carboxylic acids is 1. The summed E-state index contributed by atoms with van der Waals surface area (Å²) >= 11 is 1.35. The van der Waals surface area contributed by atoms with Gasteiger partial charge in [-0.15, -0.1) is 12.4 Å². The molecule has 6 heteroatoms. The summed E-state index contributed by atoms with van der Waals surface area (Å²) in [4.78, 5) is 16.4. The van der Waals surface area contributed by atoms with Gasteiger partial charge in [0.15, 0.2) is 10.9 Å². The Bertz CT molecular complexity index is 584. The zero-order chi connectivity index (χ0) is 13.1. The average Bonchev–Trinajstić information content (AvgIpc) is 2.71. The number of nitrogens with zero attached hydrogens (tertiary/aromatic N) is 1. The molecule has 0 saturated carbocycles. The van der Waals surface area contributed by atoms with Crippen molar-refractivity contribution in [2.45, 2.75) is 13.8 Å². The maximum Gasteiger partial charge on any atom is 0.188 e. The Labute approximate surface area is 122 Å². The van der Waals surface area contributed by atoms with Crippen LogP contribution in [0.2, 0.25) is 0 Å². The molecule has 4 nitrogen and oxygen atoms in total. The maximum absolute atomic E-state index is 11.4. The van der Waals surface area contributed by atoms with Gasteiger partial charge >= 0.3 is 0 Å². The highest BCUT2D eigenvalue weighted by molar-refractivity contribution is 7.17. The van der Waals surface area contributed by atoms with Gasteiger partial charge in [-0.25, -0.2) is 4.98 Å². The highest BCUT2D eigenvalue weighted by Crippen LogP contribution is 2.30. The van der Waals surface area contributed by atoms with Crippen molar-refractivity contribution in [3.63, 3.8) is 0 Å². The van der Waals surface area contributed by atoms with Gasteiger partial charge in [0.2, 0.25) is 0 Å². The van der Waals surface area contributed by atoms with E-state index in [1.54, 1.807) is 14.0 Å². The number of thiazole rings is 1. The quantitative estimate of drug-likeness (QED) is 0.872. The smallest absolute Gasteiger partial charge is 0.188 e. The topological polar surface area (TPSA) is 51.2 Å². The molecule has 0 fully saturated rings. The van der Waals surface area contributed by atoms with Crippen molar-refractivity contribution in [2.24, 2.45) is 0 Å². The molecule has 1 aromatic carbocycles. The Balaban J connectivity index is 0.00000180. The number of hydrogen-bond acceptors (Lipinski definition) is 5. The van der Waals surface area contributed by atoms with Crippen LogP contribution in [0.25, 0.3) is 0 Å². The van der Waals surface area contributed by atoms with Crippen LogP contribution in [0.4, 0.5) is 10.8 Å². The third-order valence-electron chi connectivity index (χ3n) is 2.46. The number of benzene rings is 1. The summed E-state index contributed by atoms with van der Waals surface area (Å²) in [6.45, 7) is 3.38. The Hall–Kier alpha value is -1.59. The lowest BCUT2D eigenvalue weighted by atomic mass is 10.3. The molecule has 0 aliphatic rings. The van der Waals surface area contributed by atoms with E-state index in [-0.39, 0.29) is 18.2 Å². The molecule has 0 aliphatic carbocycles. The first-order valence-corrected chi connectivity index (χ1v) is 6.32. The van der Waals surface area contributed by atoms with Gasteiger partial charge in [0.05, 0.1) is 23.4 Å². The molecule has 0 saturated heterocycles. The standard InChI is InChI=1S/C13H14N2O2S.ClH/c1-8-12(9(2)16)18-13(14-8)15-10-6-4-5-7-11(10)17-3;/h4-7H,1-3H3,(H,14,15);1H. The molecule has 19 heavy (non-hydrogen) atoms. The number of halogens is 1. The number of ether oxygens (including phenoxy) is 1. The molecule has 2 aromatic rings. The van der Waals surface area contributed by atoms with Crippen molar-refractivity contribution < 1.29 is 9.53 Å². The minimum Gasteiger partial charge on any atom is -0.495 e. The molecule has 0 spiro atoms. The second-order valence-corrected chi connectivity index (χ2v) is 4.81. The van der Waals surface area contributed by atoms with Crippen LogP contribution in [-0.2, 0) is 0 Å². The lowest BCUT2D eigenvalue weighted by Crippen LogP contribution is -1.93. The highest BCUT2D eigenvalue weighted by Gasteiger charge is 2.12. The Morgan fingerprint density at radius 1 is 1.37 bits per heavy atom. The average molecular weight is 299 g/mol. The fourth-order valence-corrected chi connectivity index (χ4v) is 2.51. The second-order valence-electron chi connectivity index (χ2n) is 3.82. The number of carbonyl (C=O) groups is 1. The molecule has 0 amide bonds. The van der Waals surface area contributed by atoms with Crippen LogP contribution < -0.4 is 10.1 Å². The molecule has 1 heterocycles. The van der Waals surface area contributed by atoms with E-state index in [1.807, 2.05) is 31.2 Å². The molecule has 0 unspecified atom stereocenters. The summed E-state index contributed by atoms with van der Waals surface area (Å²) in [5.74, 6) is 0.785. The molecule has 0 radical (unpaired) electrons. The highest BCUT2D eigenvalue weighted by atomic mass is 35.5. The zero-order valence-electron chi connectivity index (χ0n) is 10.9. The first kappa shape index (κ1) is 15.5. The maximum atomic E-state index is 11.4. The van der Waals surface area contributed by atoms with Crippen LogP contribution in [0.5, 0.6) is 5.75 Å². The van der Waals surface area contributed by atoms with E-state index in [1.165, 1.54) is 11.3 Å². The van der Waals surface area contributed by atoms with E-state index < -0.39 is 0 Å². The number of anilines is 2. The van der Waals surface area contributed by atoms with Gasteiger partial charge in [0, 0.05) is 6.92 Å². The molecule has 2 rings (SSSR count). The fourth-order valence-electron chi connectivity index (χ4n) is 1.64. The van der Waals surface area contributed by atoms with Crippen LogP contribution >= 0.6 is 23.7 Å². The third kappa shape index (κ3) is 3.45. The largest absolute Gasteiger partial charge is 0.495 e. The van der Waals surface area contributed by atoms with Crippen LogP contribution in [0.1, 0.15) is 22.3 Å². The van der Waals surface area contributed by atoms with Gasteiger partial charge in [-0.2, -0.15) is 0 Å². The first-order valence-electron chi connectivity index (χ1n) is 5.50. The van der Waals surface area contributed by atoms with Crippen LogP contribution in [-0.4, -0.2) is 17.9 Å². The minimum absolute atomic E-state index is 0. The monoisotopic (exact) mass is 298 g/mol. The van der Waals surface area contributed by atoms with E-state index >= 15 is 0 Å². The number of rotatable bonds is 4. The summed E-state index contributed by atoms with van der Waals surface area (Å²) in [5.41, 5.74) is 1.59. The summed E-state index contributed by atoms with van der Waals surface area (Å²) in [5, 5.41) is 3.87. The van der Waals surface area contributed by atoms with E-state index in [2.05, 4.69) is 10.3 Å². The van der Waals surface area contributed by atoms with Crippen molar-refractivity contribution in [3.05, 3.63) is 34.8 Å². The number of hydrogen-bond donors (Lipinski definition) is 1. The van der Waals surface area contributed by atoms with Crippen molar-refractivity contribution in [3.8, 4) is 5.75 Å². The molecule has 1 N–H and O–H groups in total. The Kier molecular flexibility index (Phi) is 5.32. The second kappa shape index (κ2) is 6.54. The normalized spacial score (nSPS) is 9.63. The number of aryl methyl sites for hydroxylation is 1. The van der Waals surface area contributed by atoms with E-state index in [0.29, 0.717) is 10.0 Å². The number of ketones is 1. The fraction of sp³-hybridized carbons (Fsp3) is 0.231. The third-order valence-corrected chi connectivity index (χ3v) is 3.64. The van der Waals surface area contributed by atoms with Crippen LogP contribution in [0.15, 0.2) is 24.3 Å². The molecule has 0 atom stereocenters. The summed E-state index contributed by atoms with van der Waals surface area (Å²) < 4.78 is 5.25. The molecule has 1 aromatic heterocycles. The molecule has 102 valence electrons. The van der Waals surface area contributed by atoms with Crippen LogP contribution in [0.3, 0.4) is 0 Å². The predicted molar refractivity (Wildman–Crippen MR) is 80.4 cm³/mol. The van der Waals surface area contributed by atoms with E-state index in [0.717, 1.165) is 17.1 Å². The van der Waals surface area contributed by atoms with Gasteiger partial charge in [-0.3, -0.25) is 4.79 Å². The summed E-state index contributed by atoms with van der Waals surface area (Å²) in [6, 6.07) is 7.59. The summed E-state index contributed by atoms with van der Waals surface area (Å²) in [6.07, 6.45) is 0. The predicted octanol–water partition coefficient (Wildman–Crippen LogP) is 3.83. The van der Waals surface area contributed by atoms with Crippen LogP contribution in [0, 0.1) is 6.92 Å². The summed E-state index contributed by atoms with van der Waals surface area (Å²) in [7, 11) is 1.62. The molecule has 0 bridgehead atoms. The first-order chi connectivity index (χ1) is 8.61. The SMILES string of the molecule is COc1ccccc1Nc1nc(C)c(C(C)=O)s1.Cl. The number of nitrogens with one attached hydrogen (secondary N) is 1. The molecule has 0 aliphatic heterocycles. The number of Topliss-reactive ketones (excluding diaryl/α,β-unsaturated/α-hetero) is 1. The number of aromatic nitrogens is 1. The van der Waals surface area contributed by atoms with Crippen molar-refractivity contribution >= 4 is 40.3 Å². The van der Waals surface area contributed by atoms with Gasteiger partial charge < -0.3 is 10.1 Å². The van der Waals surface area contributed by atoms with E-state index in [4.69, 9.17) is 4.74 Å². The number of methoxy groups -OCH3 is 1. The Morgan fingerprint density at radius 3 is 2.63 bits per heavy atom. The van der Waals surface area contributed by atoms with Gasteiger partial charge in [-0.05, 0) is 19.1 Å². The van der Waals surface area contributed by atoms with Gasteiger partial charge in [0.25, 0.3) is 0 Å². The number of para-hydroxylation sites is 2. The zero-order valence-corrected chi connectivity index (χ0v) is 12.5. The Morgan fingerprint density at radius 2 is 2.05 bits per heavy atom. The minimum atomic E-state index is 0. The molecular weight excluding hydrogens is 284 g/mol. The van der Waals surface area contributed by atoms with E-state index in [9.17, 15) is 4.79 Å². The van der Waals surface area contributed by atoms with Crippen molar-refractivity contribution in [1.29, 1.82) is 0 Å². The van der Waals surface area contributed by atoms with Gasteiger partial charge in [0.1, 0.15) is 5.75 Å². The lowest BCUT2D eigenvalue weighted by Gasteiger charge is -2.07.